The molecule has 1 N–H and O–H groups in total. The topological polar surface area (TPSA) is 62.6 Å². The number of furan rings is 1. The van der Waals surface area contributed by atoms with Gasteiger partial charge in [0.15, 0.2) is 0 Å². The van der Waals surface area contributed by atoms with Gasteiger partial charge in [0.1, 0.15) is 17.6 Å². The standard InChI is InChI=1S/C17H17FN2O3/c18-14-6-2-1-4-12(14)10-19-17(22)15-7-8-16(21)20(15)11-13-5-3-9-23-13/h1-6,9,15H,7-8,10-11H2,(H,19,22)/t15-/m1/s1. The Balaban J connectivity index is 1.63. The maximum absolute atomic E-state index is 13.6. The molecule has 0 bridgehead atoms. The first-order chi connectivity index (χ1) is 11.1. The zero-order chi connectivity index (χ0) is 16.2. The highest BCUT2D eigenvalue weighted by Gasteiger charge is 2.36. The minimum absolute atomic E-state index is 0.0764. The van der Waals surface area contributed by atoms with Gasteiger partial charge < -0.3 is 14.6 Å². The smallest absolute Gasteiger partial charge is 0.243 e. The molecule has 2 heterocycles. The van der Waals surface area contributed by atoms with Crippen LogP contribution in [0.1, 0.15) is 24.2 Å². The number of nitrogens with zero attached hydrogens (tertiary/aromatic N) is 1. The molecular formula is C17H17FN2O3. The number of likely N-dealkylation sites (tertiary alicyclic amines) is 1. The largest absolute Gasteiger partial charge is 0.467 e. The number of halogens is 1. The van der Waals surface area contributed by atoms with Crippen molar-refractivity contribution < 1.29 is 18.4 Å². The number of hydrogen-bond donors (Lipinski definition) is 1. The van der Waals surface area contributed by atoms with Gasteiger partial charge in [-0.3, -0.25) is 9.59 Å². The maximum atomic E-state index is 13.6. The maximum Gasteiger partial charge on any atom is 0.243 e. The van der Waals surface area contributed by atoms with Gasteiger partial charge in [-0.25, -0.2) is 4.39 Å². The molecule has 1 saturated heterocycles. The fourth-order valence-corrected chi connectivity index (χ4v) is 2.72. The van der Waals surface area contributed by atoms with Gasteiger partial charge in [-0.05, 0) is 24.6 Å². The van der Waals surface area contributed by atoms with Crippen molar-refractivity contribution in [3.8, 4) is 0 Å². The average Bonchev–Trinajstić information content (AvgIpc) is 3.18. The van der Waals surface area contributed by atoms with Gasteiger partial charge in [0, 0.05) is 18.5 Å². The van der Waals surface area contributed by atoms with Crippen LogP contribution >= 0.6 is 0 Å². The minimum Gasteiger partial charge on any atom is -0.467 e. The number of carbonyl (C=O) groups excluding carboxylic acids is 2. The summed E-state index contributed by atoms with van der Waals surface area (Å²) in [5.74, 6) is -0.0759. The first-order valence-electron chi connectivity index (χ1n) is 7.48. The molecule has 0 spiro atoms. The third kappa shape index (κ3) is 3.41. The molecule has 1 atom stereocenters. The molecule has 0 unspecified atom stereocenters. The molecule has 23 heavy (non-hydrogen) atoms. The minimum atomic E-state index is -0.542. The Bertz CT molecular complexity index is 700. The van der Waals surface area contributed by atoms with Crippen molar-refractivity contribution in [1.82, 2.24) is 10.2 Å². The van der Waals surface area contributed by atoms with E-state index in [1.165, 1.54) is 17.2 Å². The van der Waals surface area contributed by atoms with Crippen LogP contribution in [0.15, 0.2) is 47.1 Å². The predicted octanol–water partition coefficient (Wildman–Crippen LogP) is 2.23. The van der Waals surface area contributed by atoms with Crippen LogP contribution in [0.5, 0.6) is 0 Å². The number of carbonyl (C=O) groups is 2. The summed E-state index contributed by atoms with van der Waals surface area (Å²) in [6, 6.07) is 9.25. The quantitative estimate of drug-likeness (QED) is 0.920. The first kappa shape index (κ1) is 15.3. The van der Waals surface area contributed by atoms with Crippen LogP contribution < -0.4 is 5.32 Å². The molecule has 0 aliphatic carbocycles. The zero-order valence-electron chi connectivity index (χ0n) is 12.5. The Labute approximate surface area is 133 Å². The van der Waals surface area contributed by atoms with Gasteiger partial charge >= 0.3 is 0 Å². The number of amides is 2. The molecule has 1 aliphatic rings. The van der Waals surface area contributed by atoms with Crippen LogP contribution in [0, 0.1) is 5.82 Å². The molecule has 0 radical (unpaired) electrons. The molecule has 1 aromatic carbocycles. The highest BCUT2D eigenvalue weighted by Crippen LogP contribution is 2.22. The van der Waals surface area contributed by atoms with Crippen LogP contribution in [-0.2, 0) is 22.7 Å². The second-order valence-electron chi connectivity index (χ2n) is 5.46. The van der Waals surface area contributed by atoms with Crippen molar-refractivity contribution in [3.63, 3.8) is 0 Å². The molecule has 1 aromatic heterocycles. The third-order valence-electron chi connectivity index (χ3n) is 3.95. The van der Waals surface area contributed by atoms with E-state index in [4.69, 9.17) is 4.42 Å². The normalized spacial score (nSPS) is 17.5. The SMILES string of the molecule is O=C(NCc1ccccc1F)[C@H]1CCC(=O)N1Cc1ccco1. The molecule has 1 aliphatic heterocycles. The van der Waals surface area contributed by atoms with Crippen LogP contribution in [0.3, 0.4) is 0 Å². The van der Waals surface area contributed by atoms with E-state index >= 15 is 0 Å². The fourth-order valence-electron chi connectivity index (χ4n) is 2.72. The molecule has 6 heteroatoms. The summed E-state index contributed by atoms with van der Waals surface area (Å²) < 4.78 is 18.8. The summed E-state index contributed by atoms with van der Waals surface area (Å²) in [5, 5.41) is 2.71. The van der Waals surface area contributed by atoms with Gasteiger partial charge in [-0.2, -0.15) is 0 Å². The Hall–Kier alpha value is -2.63. The molecule has 3 rings (SSSR count). The van der Waals surface area contributed by atoms with Crippen LogP contribution in [0.25, 0.3) is 0 Å². The summed E-state index contributed by atoms with van der Waals surface area (Å²) in [4.78, 5) is 25.9. The van der Waals surface area contributed by atoms with Crippen LogP contribution in [0.2, 0.25) is 0 Å². The number of benzene rings is 1. The fraction of sp³-hybridized carbons (Fsp3) is 0.294. The van der Waals surface area contributed by atoms with E-state index in [0.717, 1.165) is 0 Å². The van der Waals surface area contributed by atoms with E-state index < -0.39 is 6.04 Å². The summed E-state index contributed by atoms with van der Waals surface area (Å²) in [7, 11) is 0. The van der Waals surface area contributed by atoms with Crippen molar-refractivity contribution >= 4 is 11.8 Å². The lowest BCUT2D eigenvalue weighted by molar-refractivity contribution is -0.136. The summed E-state index contributed by atoms with van der Waals surface area (Å²) in [5.41, 5.74) is 0.419. The lowest BCUT2D eigenvalue weighted by Gasteiger charge is -2.23. The van der Waals surface area contributed by atoms with Gasteiger partial charge in [-0.1, -0.05) is 18.2 Å². The Morgan fingerprint density at radius 3 is 2.87 bits per heavy atom. The Morgan fingerprint density at radius 2 is 2.13 bits per heavy atom. The molecule has 5 nitrogen and oxygen atoms in total. The second-order valence-corrected chi connectivity index (χ2v) is 5.46. The highest BCUT2D eigenvalue weighted by molar-refractivity contribution is 5.90. The summed E-state index contributed by atoms with van der Waals surface area (Å²) in [6.45, 7) is 0.369. The zero-order valence-corrected chi connectivity index (χ0v) is 12.5. The van der Waals surface area contributed by atoms with Gasteiger partial charge in [0.05, 0.1) is 12.8 Å². The summed E-state index contributed by atoms with van der Waals surface area (Å²) >= 11 is 0. The van der Waals surface area contributed by atoms with Crippen molar-refractivity contribution in [2.24, 2.45) is 0 Å². The number of rotatable bonds is 5. The van der Waals surface area contributed by atoms with E-state index in [2.05, 4.69) is 5.32 Å². The molecule has 120 valence electrons. The van der Waals surface area contributed by atoms with Crippen molar-refractivity contribution in [2.45, 2.75) is 32.0 Å². The lowest BCUT2D eigenvalue weighted by Crippen LogP contribution is -2.44. The molecule has 2 aromatic rings. The summed E-state index contributed by atoms with van der Waals surface area (Å²) in [6.07, 6.45) is 2.32. The first-order valence-corrected chi connectivity index (χ1v) is 7.48. The average molecular weight is 316 g/mol. The number of hydrogen-bond acceptors (Lipinski definition) is 3. The van der Waals surface area contributed by atoms with E-state index in [0.29, 0.717) is 24.2 Å². The van der Waals surface area contributed by atoms with Crippen molar-refractivity contribution in [2.75, 3.05) is 0 Å². The van der Waals surface area contributed by atoms with Gasteiger partial charge in [0.2, 0.25) is 11.8 Å². The monoisotopic (exact) mass is 316 g/mol. The van der Waals surface area contributed by atoms with Gasteiger partial charge in [0.25, 0.3) is 0 Å². The van der Waals surface area contributed by atoms with E-state index in [1.54, 1.807) is 30.3 Å². The van der Waals surface area contributed by atoms with Gasteiger partial charge in [-0.15, -0.1) is 0 Å². The van der Waals surface area contributed by atoms with Crippen molar-refractivity contribution in [1.29, 1.82) is 0 Å². The molecule has 0 saturated carbocycles. The Morgan fingerprint density at radius 1 is 1.30 bits per heavy atom. The van der Waals surface area contributed by atoms with Crippen LogP contribution in [0.4, 0.5) is 4.39 Å². The predicted molar refractivity (Wildman–Crippen MR) is 80.5 cm³/mol. The second kappa shape index (κ2) is 6.64. The Kier molecular flexibility index (Phi) is 4.41. The molecular weight excluding hydrogens is 299 g/mol. The lowest BCUT2D eigenvalue weighted by atomic mass is 10.1. The van der Waals surface area contributed by atoms with E-state index in [-0.39, 0.29) is 30.7 Å². The van der Waals surface area contributed by atoms with E-state index in [1.807, 2.05) is 0 Å². The number of nitrogens with one attached hydrogen (secondary N) is 1. The highest BCUT2D eigenvalue weighted by atomic mass is 19.1. The molecule has 1 fully saturated rings. The van der Waals surface area contributed by atoms with Crippen molar-refractivity contribution in [3.05, 3.63) is 59.8 Å². The van der Waals surface area contributed by atoms with Crippen LogP contribution in [-0.4, -0.2) is 22.8 Å². The molecule has 2 amide bonds. The third-order valence-corrected chi connectivity index (χ3v) is 3.95. The van der Waals surface area contributed by atoms with E-state index in [9.17, 15) is 14.0 Å².